The number of ketones is 1. The van der Waals surface area contributed by atoms with Crippen molar-refractivity contribution in [2.45, 2.75) is 76.0 Å². The highest BCUT2D eigenvalue weighted by atomic mass is 16.4. The zero-order valence-corrected chi connectivity index (χ0v) is 37.6. The number of nitrogens with one attached hydrogen (secondary N) is 1. The van der Waals surface area contributed by atoms with Crippen molar-refractivity contribution < 1.29 is 9.21 Å². The van der Waals surface area contributed by atoms with E-state index in [1.165, 1.54) is 0 Å². The summed E-state index contributed by atoms with van der Waals surface area (Å²) in [5.74, 6) is 2.82. The number of rotatable bonds is 11. The molecule has 2 aliphatic rings. The molecule has 7 N–H and O–H groups in total. The second kappa shape index (κ2) is 19.5. The highest BCUT2D eigenvalue weighted by Gasteiger charge is 2.28. The fourth-order valence-electron chi connectivity index (χ4n) is 9.83. The molecule has 0 unspecified atom stereocenters. The molecule has 0 amide bonds. The average Bonchev–Trinajstić information content (AvgIpc) is 4.14. The van der Waals surface area contributed by atoms with E-state index in [4.69, 9.17) is 31.6 Å². The van der Waals surface area contributed by atoms with Gasteiger partial charge in [0, 0.05) is 94.0 Å². The van der Waals surface area contributed by atoms with E-state index in [9.17, 15) is 9.59 Å². The van der Waals surface area contributed by atoms with Gasteiger partial charge in [-0.3, -0.25) is 14.8 Å². The van der Waals surface area contributed by atoms with E-state index >= 15 is 0 Å². The van der Waals surface area contributed by atoms with Crippen LogP contribution in [0.4, 0.5) is 11.6 Å². The van der Waals surface area contributed by atoms with Gasteiger partial charge in [-0.15, -0.1) is 5.10 Å². The Kier molecular flexibility index (Phi) is 12.7. The first-order valence-electron chi connectivity index (χ1n) is 23.3. The van der Waals surface area contributed by atoms with Crippen LogP contribution in [-0.2, 0) is 11.2 Å². The summed E-state index contributed by atoms with van der Waals surface area (Å²) in [6.07, 6.45) is 16.7. The van der Waals surface area contributed by atoms with Gasteiger partial charge in [-0.25, -0.2) is 19.9 Å². The Morgan fingerprint density at radius 3 is 1.53 bits per heavy atom. The highest BCUT2D eigenvalue weighted by Crippen LogP contribution is 2.39. The fraction of sp³-hybridized carbons (Fsp3) is 0.288. The normalized spacial score (nSPS) is 18.3. The molecular weight excluding hydrogens is 855 g/mol. The minimum atomic E-state index is -0.497. The number of hydrogen-bond acceptors (Lipinski definition) is 13. The van der Waals surface area contributed by atoms with Crippen molar-refractivity contribution in [1.29, 1.82) is 0 Å². The van der Waals surface area contributed by atoms with Crippen LogP contribution in [-0.4, -0.2) is 61.7 Å². The molecule has 0 saturated heterocycles. The van der Waals surface area contributed by atoms with Crippen LogP contribution in [0.25, 0.3) is 56.1 Å². The maximum Gasteiger partial charge on any atom is 0.434 e. The molecule has 9 aromatic rings. The van der Waals surface area contributed by atoms with Gasteiger partial charge in [-0.1, -0.05) is 72.8 Å². The quantitative estimate of drug-likeness (QED) is 0.0953. The molecule has 0 aliphatic heterocycles. The standard InChI is InChI=1S/C26H25N7O2.C26H28N6O/c27-23-13-22(18-8-6-16(7-9-18)12-24-31-32-26(34)35-24)30-25-20(15-29-33(23)25)19-10-11-21(28-14-19)17-4-2-1-3-5-17;27-14-21(33)12-17-6-8-19(9-7-17)24-13-25(28)32-26(31-24)22(16-30-32)20-10-11-23(29-15-20)18-4-2-1-3-5-18/h1-5,10-11,13-16,18H,6-9,12,27H2,(H,32,34);1-5,10-11,13,15-17,19H,6-9,12,14,27-28H2. The molecule has 0 spiro atoms. The number of nitrogen functional groups attached to an aromatic ring is 2. The highest BCUT2D eigenvalue weighted by molar-refractivity contribution is 5.81. The monoisotopic (exact) mass is 907 g/mol. The van der Waals surface area contributed by atoms with Gasteiger partial charge in [0.1, 0.15) is 17.4 Å². The number of Topliss-reactive ketones (excluding diaryl/α,β-unsaturated/α-hetero) is 1. The molecule has 0 radical (unpaired) electrons. The lowest BCUT2D eigenvalue weighted by atomic mass is 9.78. The lowest BCUT2D eigenvalue weighted by Gasteiger charge is -2.28. The summed E-state index contributed by atoms with van der Waals surface area (Å²) in [6, 6.07) is 32.2. The van der Waals surface area contributed by atoms with Crippen molar-refractivity contribution in [3.8, 4) is 44.8 Å². The van der Waals surface area contributed by atoms with Crippen LogP contribution in [0.1, 0.15) is 86.9 Å². The van der Waals surface area contributed by atoms with Gasteiger partial charge in [-0.2, -0.15) is 19.2 Å². The van der Waals surface area contributed by atoms with E-state index in [2.05, 4.69) is 42.5 Å². The summed E-state index contributed by atoms with van der Waals surface area (Å²) < 4.78 is 8.45. The number of anilines is 2. The topological polar surface area (TPSA) is 240 Å². The molecule has 16 heteroatoms. The van der Waals surface area contributed by atoms with Gasteiger partial charge < -0.3 is 21.6 Å². The largest absolute Gasteiger partial charge is 0.434 e. The molecule has 11 rings (SSSR count). The third kappa shape index (κ3) is 9.53. The Labute approximate surface area is 392 Å². The molecule has 7 aromatic heterocycles. The number of aromatic amines is 1. The van der Waals surface area contributed by atoms with E-state index in [-0.39, 0.29) is 12.3 Å². The molecule has 7 heterocycles. The van der Waals surface area contributed by atoms with Crippen LogP contribution < -0.4 is 23.0 Å². The van der Waals surface area contributed by atoms with Gasteiger partial charge in [-0.05, 0) is 75.3 Å². The van der Waals surface area contributed by atoms with E-state index in [1.54, 1.807) is 21.4 Å². The lowest BCUT2D eigenvalue weighted by molar-refractivity contribution is -0.118. The third-order valence-corrected chi connectivity index (χ3v) is 13.5. The molecule has 68 heavy (non-hydrogen) atoms. The molecule has 0 bridgehead atoms. The summed E-state index contributed by atoms with van der Waals surface area (Å²) in [7, 11) is 0. The number of nitrogens with zero attached hydrogens (tertiary/aromatic N) is 9. The summed E-state index contributed by atoms with van der Waals surface area (Å²) in [5.41, 5.74) is 29.4. The van der Waals surface area contributed by atoms with Crippen LogP contribution in [0, 0.1) is 11.8 Å². The number of carbonyl (C=O) groups excluding carboxylic acids is 1. The first-order chi connectivity index (χ1) is 33.3. The molecule has 16 nitrogen and oxygen atoms in total. The first-order valence-corrected chi connectivity index (χ1v) is 23.3. The Morgan fingerprint density at radius 2 is 1.10 bits per heavy atom. The Balaban J connectivity index is 0.000000159. The molecule has 2 aliphatic carbocycles. The van der Waals surface area contributed by atoms with E-state index in [0.717, 1.165) is 119 Å². The van der Waals surface area contributed by atoms with E-state index in [0.29, 0.717) is 54.0 Å². The smallest absolute Gasteiger partial charge is 0.392 e. The van der Waals surface area contributed by atoms with Crippen molar-refractivity contribution in [2.24, 2.45) is 17.6 Å². The SMILES string of the molecule is NCC(=O)CC1CCC(c2cc(N)n3ncc(-c4ccc(-c5ccccc5)nc4)c3n2)CC1.Nc1cc(C2CCC(Cc3n[nH]c(=O)o3)CC2)nc2c(-c3ccc(-c4ccccc4)nc3)cnn12. The number of hydrogen-bond donors (Lipinski definition) is 4. The summed E-state index contributed by atoms with van der Waals surface area (Å²) in [6.45, 7) is 0.139. The molecule has 344 valence electrons. The van der Waals surface area contributed by atoms with Gasteiger partial charge in [0.15, 0.2) is 11.3 Å². The minimum Gasteiger partial charge on any atom is -0.392 e. The molecule has 2 saturated carbocycles. The number of carbonyl (C=O) groups is 1. The number of H-pyrrole nitrogens is 1. The number of benzene rings is 2. The van der Waals surface area contributed by atoms with Crippen LogP contribution in [0.3, 0.4) is 0 Å². The number of fused-ring (bicyclic) bond motifs is 2. The van der Waals surface area contributed by atoms with E-state index < -0.39 is 5.76 Å². The predicted molar refractivity (Wildman–Crippen MR) is 261 cm³/mol. The molecule has 0 atom stereocenters. The maximum absolute atomic E-state index is 11.7. The van der Waals surface area contributed by atoms with Gasteiger partial charge in [0.2, 0.25) is 5.89 Å². The second-order valence-electron chi connectivity index (χ2n) is 18.0. The van der Waals surface area contributed by atoms with Crippen molar-refractivity contribution in [3.63, 3.8) is 0 Å². The third-order valence-electron chi connectivity index (χ3n) is 13.5. The van der Waals surface area contributed by atoms with Crippen molar-refractivity contribution in [1.82, 2.24) is 49.4 Å². The summed E-state index contributed by atoms with van der Waals surface area (Å²) in [4.78, 5) is 42.2. The average molecular weight is 908 g/mol. The van der Waals surface area contributed by atoms with Crippen molar-refractivity contribution in [2.75, 3.05) is 18.0 Å². The minimum absolute atomic E-state index is 0.139. The van der Waals surface area contributed by atoms with Crippen LogP contribution in [0.15, 0.2) is 131 Å². The Morgan fingerprint density at radius 1 is 0.618 bits per heavy atom. The zero-order chi connectivity index (χ0) is 46.6. The first kappa shape index (κ1) is 44.0. The predicted octanol–water partition coefficient (Wildman–Crippen LogP) is 8.47. The van der Waals surface area contributed by atoms with Crippen LogP contribution >= 0.6 is 0 Å². The lowest BCUT2D eigenvalue weighted by Crippen LogP contribution is -2.21. The van der Waals surface area contributed by atoms with E-state index in [1.807, 2.05) is 97.3 Å². The van der Waals surface area contributed by atoms with Crippen molar-refractivity contribution in [3.05, 3.63) is 150 Å². The summed E-state index contributed by atoms with van der Waals surface area (Å²) in [5, 5.41) is 15.2. The second-order valence-corrected chi connectivity index (χ2v) is 18.0. The molecular formula is C52H53N13O3. The van der Waals surface area contributed by atoms with Crippen LogP contribution in [0.2, 0.25) is 0 Å². The Hall–Kier alpha value is -7.85. The van der Waals surface area contributed by atoms with Gasteiger partial charge >= 0.3 is 5.76 Å². The fourth-order valence-corrected chi connectivity index (χ4v) is 9.83. The Bertz CT molecular complexity index is 3200. The van der Waals surface area contributed by atoms with Gasteiger partial charge in [0.25, 0.3) is 0 Å². The number of pyridine rings is 2. The maximum atomic E-state index is 11.7. The molecule has 2 fully saturated rings. The number of nitrogens with two attached hydrogens (primary N) is 3. The van der Waals surface area contributed by atoms with Crippen LogP contribution in [0.5, 0.6) is 0 Å². The zero-order valence-electron chi connectivity index (χ0n) is 37.6. The summed E-state index contributed by atoms with van der Waals surface area (Å²) >= 11 is 0. The van der Waals surface area contributed by atoms with Gasteiger partial charge in [0.05, 0.1) is 30.3 Å². The number of aromatic nitrogens is 10. The molecule has 2 aromatic carbocycles. The van der Waals surface area contributed by atoms with Crippen molar-refractivity contribution >= 4 is 28.7 Å².